The number of carbonyl (C=O) groups is 3. The summed E-state index contributed by atoms with van der Waals surface area (Å²) in [5.41, 5.74) is -0.503. The average Bonchev–Trinajstić information content (AvgIpc) is 2.91. The maximum Gasteiger partial charge on any atom is 0.416 e. The summed E-state index contributed by atoms with van der Waals surface area (Å²) in [6.45, 7) is 3.04. The van der Waals surface area contributed by atoms with E-state index in [-0.39, 0.29) is 23.7 Å². The molecule has 152 valence electrons. The molecule has 0 bridgehead atoms. The number of rotatable bonds is 4. The number of halogens is 3. The predicted octanol–water partition coefficient (Wildman–Crippen LogP) is 3.45. The van der Waals surface area contributed by atoms with Crippen LogP contribution in [0.4, 0.5) is 13.2 Å². The molecule has 1 aromatic carbocycles. The van der Waals surface area contributed by atoms with Crippen LogP contribution in [-0.2, 0) is 20.6 Å². The van der Waals surface area contributed by atoms with Crippen LogP contribution in [0.1, 0.15) is 56.7 Å². The number of hydrogen-bond acceptors (Lipinski definition) is 3. The number of carbonyl (C=O) groups excluding carboxylic acids is 3. The van der Waals surface area contributed by atoms with E-state index in [0.29, 0.717) is 18.4 Å². The first-order valence-corrected chi connectivity index (χ1v) is 9.45. The molecule has 5 nitrogen and oxygen atoms in total. The normalized spacial score (nSPS) is 24.7. The van der Waals surface area contributed by atoms with Gasteiger partial charge in [-0.15, -0.1) is 0 Å². The van der Waals surface area contributed by atoms with Crippen LogP contribution >= 0.6 is 0 Å². The fraction of sp³-hybridized carbons (Fsp3) is 0.550. The van der Waals surface area contributed by atoms with E-state index in [0.717, 1.165) is 29.9 Å². The number of benzene rings is 1. The zero-order valence-electron chi connectivity index (χ0n) is 15.8. The largest absolute Gasteiger partial charge is 0.416 e. The van der Waals surface area contributed by atoms with E-state index in [9.17, 15) is 27.6 Å². The second-order valence-electron chi connectivity index (χ2n) is 7.57. The Morgan fingerprint density at radius 2 is 1.68 bits per heavy atom. The van der Waals surface area contributed by atoms with Gasteiger partial charge >= 0.3 is 6.18 Å². The minimum atomic E-state index is -4.47. The number of hydrogen-bond donors (Lipinski definition) is 1. The van der Waals surface area contributed by atoms with Crippen LogP contribution in [-0.4, -0.2) is 28.7 Å². The summed E-state index contributed by atoms with van der Waals surface area (Å²) in [6.07, 6.45) is -1.39. The van der Waals surface area contributed by atoms with Crippen LogP contribution in [0.25, 0.3) is 0 Å². The molecular weight excluding hydrogens is 373 g/mol. The molecule has 3 amide bonds. The van der Waals surface area contributed by atoms with Crippen molar-refractivity contribution < 1.29 is 27.6 Å². The summed E-state index contributed by atoms with van der Waals surface area (Å²) in [7, 11) is 0. The molecule has 1 saturated heterocycles. The highest BCUT2D eigenvalue weighted by molar-refractivity contribution is 6.08. The minimum absolute atomic E-state index is 0.295. The molecule has 1 aliphatic heterocycles. The monoisotopic (exact) mass is 396 g/mol. The lowest BCUT2D eigenvalue weighted by molar-refractivity contribution is -0.147. The molecular formula is C20H23F3N2O3. The van der Waals surface area contributed by atoms with Crippen molar-refractivity contribution in [1.82, 2.24) is 10.2 Å². The standard InChI is InChI=1S/C20H23F3N2O3/c1-11(13-6-5-7-14(10-13)20(21,22)23)24-17(26)12(2)25-18(27)15-8-3-4-9-16(15)19(25)28/h5-7,10-12,15-16H,3-4,8-9H2,1-2H3,(H,24,26). The third-order valence-electron chi connectivity index (χ3n) is 5.71. The van der Waals surface area contributed by atoms with Gasteiger partial charge in [0, 0.05) is 0 Å². The van der Waals surface area contributed by atoms with Crippen LogP contribution in [0.5, 0.6) is 0 Å². The number of amides is 3. The number of nitrogens with one attached hydrogen (secondary N) is 1. The van der Waals surface area contributed by atoms with Gasteiger partial charge in [-0.2, -0.15) is 13.2 Å². The fourth-order valence-corrected chi connectivity index (χ4v) is 4.09. The van der Waals surface area contributed by atoms with Gasteiger partial charge in [-0.25, -0.2) is 0 Å². The zero-order chi connectivity index (χ0) is 20.6. The first kappa shape index (κ1) is 20.4. The number of nitrogens with zero attached hydrogens (tertiary/aromatic N) is 1. The van der Waals surface area contributed by atoms with Crippen molar-refractivity contribution in [3.8, 4) is 0 Å². The Hall–Kier alpha value is -2.38. The molecule has 1 aliphatic carbocycles. The fourth-order valence-electron chi connectivity index (χ4n) is 4.09. The van der Waals surface area contributed by atoms with Gasteiger partial charge in [0.05, 0.1) is 23.4 Å². The van der Waals surface area contributed by atoms with Crippen molar-refractivity contribution >= 4 is 17.7 Å². The smallest absolute Gasteiger partial charge is 0.348 e. The van der Waals surface area contributed by atoms with Gasteiger partial charge < -0.3 is 5.32 Å². The second kappa shape index (κ2) is 7.56. The van der Waals surface area contributed by atoms with Crippen molar-refractivity contribution in [3.05, 3.63) is 35.4 Å². The van der Waals surface area contributed by atoms with Gasteiger partial charge in [0.1, 0.15) is 6.04 Å². The van der Waals surface area contributed by atoms with E-state index in [2.05, 4.69) is 5.32 Å². The summed E-state index contributed by atoms with van der Waals surface area (Å²) in [5.74, 6) is -1.90. The highest BCUT2D eigenvalue weighted by atomic mass is 19.4. The van der Waals surface area contributed by atoms with E-state index in [1.54, 1.807) is 6.92 Å². The van der Waals surface area contributed by atoms with E-state index >= 15 is 0 Å². The first-order valence-electron chi connectivity index (χ1n) is 9.45. The Labute approximate surface area is 161 Å². The zero-order valence-corrected chi connectivity index (χ0v) is 15.8. The number of imide groups is 1. The molecule has 4 unspecified atom stereocenters. The van der Waals surface area contributed by atoms with Crippen molar-refractivity contribution in [2.75, 3.05) is 0 Å². The summed E-state index contributed by atoms with van der Waals surface area (Å²) in [5, 5.41) is 2.62. The highest BCUT2D eigenvalue weighted by Gasteiger charge is 2.50. The molecule has 4 atom stereocenters. The quantitative estimate of drug-likeness (QED) is 0.793. The van der Waals surface area contributed by atoms with Crippen molar-refractivity contribution in [1.29, 1.82) is 0 Å². The Morgan fingerprint density at radius 1 is 1.11 bits per heavy atom. The lowest BCUT2D eigenvalue weighted by atomic mass is 9.81. The van der Waals surface area contributed by atoms with E-state index < -0.39 is 29.7 Å². The average molecular weight is 396 g/mol. The SMILES string of the molecule is CC(NC(=O)C(C)N1C(=O)C2CCCCC2C1=O)c1cccc(C(F)(F)F)c1. The van der Waals surface area contributed by atoms with Gasteiger partial charge in [-0.3, -0.25) is 19.3 Å². The molecule has 1 heterocycles. The lowest BCUT2D eigenvalue weighted by Gasteiger charge is -2.24. The molecule has 2 fully saturated rings. The summed E-state index contributed by atoms with van der Waals surface area (Å²) in [4.78, 5) is 38.9. The topological polar surface area (TPSA) is 66.5 Å². The van der Waals surface area contributed by atoms with Gasteiger partial charge in [0.25, 0.3) is 0 Å². The molecule has 0 spiro atoms. The maximum atomic E-state index is 12.9. The summed E-state index contributed by atoms with van der Waals surface area (Å²) >= 11 is 0. The van der Waals surface area contributed by atoms with Crippen LogP contribution < -0.4 is 5.32 Å². The minimum Gasteiger partial charge on any atom is -0.348 e. The summed E-state index contributed by atoms with van der Waals surface area (Å²) < 4.78 is 38.7. The number of alkyl halides is 3. The molecule has 1 N–H and O–H groups in total. The van der Waals surface area contributed by atoms with E-state index in [4.69, 9.17) is 0 Å². The lowest BCUT2D eigenvalue weighted by Crippen LogP contribution is -2.48. The Balaban J connectivity index is 1.70. The molecule has 8 heteroatoms. The van der Waals surface area contributed by atoms with Crippen molar-refractivity contribution in [2.45, 2.75) is 57.8 Å². The Morgan fingerprint density at radius 3 is 2.21 bits per heavy atom. The second-order valence-corrected chi connectivity index (χ2v) is 7.57. The highest BCUT2D eigenvalue weighted by Crippen LogP contribution is 2.39. The van der Waals surface area contributed by atoms with Crippen molar-refractivity contribution in [3.63, 3.8) is 0 Å². The van der Waals surface area contributed by atoms with Gasteiger partial charge in [-0.1, -0.05) is 25.0 Å². The van der Waals surface area contributed by atoms with Crippen molar-refractivity contribution in [2.24, 2.45) is 11.8 Å². The Bertz CT molecular complexity index is 769. The molecule has 2 aliphatic rings. The van der Waals surface area contributed by atoms with Crippen LogP contribution in [0.3, 0.4) is 0 Å². The van der Waals surface area contributed by atoms with Gasteiger partial charge in [0.2, 0.25) is 17.7 Å². The van der Waals surface area contributed by atoms with Crippen LogP contribution in [0.15, 0.2) is 24.3 Å². The van der Waals surface area contributed by atoms with Crippen LogP contribution in [0.2, 0.25) is 0 Å². The third-order valence-corrected chi connectivity index (χ3v) is 5.71. The molecule has 0 radical (unpaired) electrons. The third kappa shape index (κ3) is 3.77. The Kier molecular flexibility index (Phi) is 5.50. The predicted molar refractivity (Wildman–Crippen MR) is 94.8 cm³/mol. The van der Waals surface area contributed by atoms with Gasteiger partial charge in [-0.05, 0) is 44.4 Å². The number of likely N-dealkylation sites (tertiary alicyclic amines) is 1. The van der Waals surface area contributed by atoms with E-state index in [1.165, 1.54) is 19.1 Å². The van der Waals surface area contributed by atoms with Crippen LogP contribution in [0, 0.1) is 11.8 Å². The van der Waals surface area contributed by atoms with Gasteiger partial charge in [0.15, 0.2) is 0 Å². The number of fused-ring (bicyclic) bond motifs is 1. The first-order chi connectivity index (χ1) is 13.1. The molecule has 1 saturated carbocycles. The molecule has 1 aromatic rings. The van der Waals surface area contributed by atoms with E-state index in [1.807, 2.05) is 0 Å². The summed E-state index contributed by atoms with van der Waals surface area (Å²) in [6, 6.07) is 3.01. The maximum absolute atomic E-state index is 12.9. The molecule has 3 rings (SSSR count). The molecule has 28 heavy (non-hydrogen) atoms. The molecule has 0 aromatic heterocycles.